The summed E-state index contributed by atoms with van der Waals surface area (Å²) in [6.07, 6.45) is 1.91. The van der Waals surface area contributed by atoms with Crippen molar-refractivity contribution >= 4 is 11.6 Å². The van der Waals surface area contributed by atoms with Gasteiger partial charge in [0.25, 0.3) is 5.91 Å². The van der Waals surface area contributed by atoms with Crippen molar-refractivity contribution in [2.24, 2.45) is 5.73 Å². The van der Waals surface area contributed by atoms with Gasteiger partial charge >= 0.3 is 5.69 Å². The van der Waals surface area contributed by atoms with E-state index in [1.165, 1.54) is 23.3 Å². The van der Waals surface area contributed by atoms with Crippen molar-refractivity contribution in [3.63, 3.8) is 0 Å². The highest BCUT2D eigenvalue weighted by Crippen LogP contribution is 2.26. The molecule has 1 aliphatic rings. The number of hydrogen-bond donors (Lipinski definition) is 2. The summed E-state index contributed by atoms with van der Waals surface area (Å²) < 4.78 is 0. The molecule has 0 aromatic heterocycles. The van der Waals surface area contributed by atoms with Crippen LogP contribution in [0.25, 0.3) is 0 Å². The Morgan fingerprint density at radius 1 is 1.50 bits per heavy atom. The number of amides is 1. The predicted molar refractivity (Wildman–Crippen MR) is 80.1 cm³/mol. The molecule has 1 fully saturated rings. The van der Waals surface area contributed by atoms with Crippen molar-refractivity contribution in [3.05, 3.63) is 33.9 Å². The van der Waals surface area contributed by atoms with Crippen molar-refractivity contribution in [1.29, 1.82) is 0 Å². The molecule has 0 radical (unpaired) electrons. The van der Waals surface area contributed by atoms with Crippen LogP contribution in [0.15, 0.2) is 18.2 Å². The van der Waals surface area contributed by atoms with Gasteiger partial charge in [-0.05, 0) is 30.9 Å². The highest BCUT2D eigenvalue weighted by atomic mass is 16.7. The second kappa shape index (κ2) is 7.71. The quantitative estimate of drug-likeness (QED) is 0.640. The third-order valence-corrected chi connectivity index (χ3v) is 3.26. The molecule has 8 heteroatoms. The Labute approximate surface area is 128 Å². The van der Waals surface area contributed by atoms with Crippen LogP contribution in [0.5, 0.6) is 5.75 Å². The summed E-state index contributed by atoms with van der Waals surface area (Å²) in [6, 6.07) is 3.11. The first-order valence-corrected chi connectivity index (χ1v) is 6.65. The first-order chi connectivity index (χ1) is 9.99. The zero-order chi connectivity index (χ0) is 15.4. The minimum Gasteiger partial charge on any atom is -0.502 e. The molecule has 2 rings (SSSR count). The molecule has 0 saturated carbocycles. The Morgan fingerprint density at radius 2 is 2.23 bits per heavy atom. The van der Waals surface area contributed by atoms with Crippen molar-refractivity contribution in [2.75, 3.05) is 13.2 Å². The molecule has 22 heavy (non-hydrogen) atoms. The molecule has 122 valence electrons. The monoisotopic (exact) mass is 311 g/mol. The van der Waals surface area contributed by atoms with Gasteiger partial charge in [0, 0.05) is 12.6 Å². The summed E-state index contributed by atoms with van der Waals surface area (Å²) in [5.41, 5.74) is 5.95. The number of nitrogens with two attached hydrogens (primary N) is 1. The largest absolute Gasteiger partial charge is 0.502 e. The van der Waals surface area contributed by atoms with E-state index in [4.69, 9.17) is 10.6 Å². The van der Waals surface area contributed by atoms with Crippen LogP contribution in [-0.4, -0.2) is 40.2 Å². The molecular formula is C14H21N3O5. The molecular weight excluding hydrogens is 290 g/mol. The van der Waals surface area contributed by atoms with E-state index in [1.807, 2.05) is 0 Å². The van der Waals surface area contributed by atoms with Crippen molar-refractivity contribution in [2.45, 2.75) is 32.7 Å². The fourth-order valence-electron chi connectivity index (χ4n) is 2.14. The maximum atomic E-state index is 12.1. The number of phenols is 1. The number of hydroxylamine groups is 2. The van der Waals surface area contributed by atoms with Gasteiger partial charge in [0.2, 0.25) is 0 Å². The third kappa shape index (κ3) is 4.15. The summed E-state index contributed by atoms with van der Waals surface area (Å²) in [5.74, 6) is -0.756. The maximum absolute atomic E-state index is 12.1. The molecule has 8 nitrogen and oxygen atoms in total. The smallest absolute Gasteiger partial charge is 0.310 e. The second-order valence-corrected chi connectivity index (χ2v) is 4.87. The van der Waals surface area contributed by atoms with Crippen LogP contribution < -0.4 is 5.73 Å². The van der Waals surface area contributed by atoms with E-state index in [9.17, 15) is 20.0 Å². The first kappa shape index (κ1) is 17.9. The van der Waals surface area contributed by atoms with Crippen molar-refractivity contribution < 1.29 is 19.7 Å². The van der Waals surface area contributed by atoms with Gasteiger partial charge < -0.3 is 10.8 Å². The minimum atomic E-state index is -0.841. The van der Waals surface area contributed by atoms with Gasteiger partial charge in [-0.25, -0.2) is 5.06 Å². The average molecular weight is 311 g/mol. The van der Waals surface area contributed by atoms with Gasteiger partial charge in [0.05, 0.1) is 17.6 Å². The lowest BCUT2D eigenvalue weighted by Crippen LogP contribution is -2.46. The van der Waals surface area contributed by atoms with E-state index in [0.29, 0.717) is 18.7 Å². The number of nitrogens with zero attached hydrogens (tertiary/aromatic N) is 2. The van der Waals surface area contributed by atoms with E-state index >= 15 is 0 Å². The zero-order valence-electron chi connectivity index (χ0n) is 11.4. The summed E-state index contributed by atoms with van der Waals surface area (Å²) >= 11 is 0. The number of rotatable bonds is 4. The number of hydrogen-bond acceptors (Lipinski definition) is 6. The van der Waals surface area contributed by atoms with E-state index in [2.05, 4.69) is 0 Å². The lowest BCUT2D eigenvalue weighted by Gasteiger charge is -2.28. The first-order valence-electron chi connectivity index (χ1n) is 6.65. The number of nitro benzene ring substituents is 1. The fourth-order valence-corrected chi connectivity index (χ4v) is 2.14. The number of carbonyl (C=O) groups excluding carboxylic acids is 1. The molecule has 1 aromatic rings. The highest BCUT2D eigenvalue weighted by Gasteiger charge is 2.25. The van der Waals surface area contributed by atoms with Crippen LogP contribution in [0.1, 0.15) is 25.8 Å². The Hall–Kier alpha value is -2.19. The molecule has 1 aliphatic heterocycles. The Kier molecular flexibility index (Phi) is 6.26. The molecule has 1 amide bonds. The van der Waals surface area contributed by atoms with Crippen LogP contribution >= 0.6 is 0 Å². The second-order valence-electron chi connectivity index (χ2n) is 4.87. The predicted octanol–water partition coefficient (Wildman–Crippen LogP) is 1.36. The molecule has 3 N–H and O–H groups in total. The lowest BCUT2D eigenvalue weighted by molar-refractivity contribution is -0.385. The van der Waals surface area contributed by atoms with Gasteiger partial charge in [0.15, 0.2) is 5.75 Å². The maximum Gasteiger partial charge on any atom is 0.310 e. The number of phenolic OH excluding ortho intramolecular Hbond substituents is 1. The topological polar surface area (TPSA) is 119 Å². The van der Waals surface area contributed by atoms with Gasteiger partial charge in [-0.15, -0.1) is 0 Å². The fraction of sp³-hybridized carbons (Fsp3) is 0.500. The summed E-state index contributed by atoms with van der Waals surface area (Å²) in [7, 11) is 0. The van der Waals surface area contributed by atoms with E-state index in [1.54, 1.807) is 0 Å². The zero-order valence-corrected chi connectivity index (χ0v) is 11.4. The molecule has 0 spiro atoms. The standard InChI is InChI=1S/C13H17N3O5.CH4/c14-10(13(18)15-5-1-2-6-21-15)7-9-3-4-12(17)11(8-9)16(19)20;/h3-4,8,10,17H,1-2,5-7,14H2;1H4/t10-;/m0./s1. The van der Waals surface area contributed by atoms with E-state index in [0.717, 1.165) is 12.8 Å². The van der Waals surface area contributed by atoms with Crippen molar-refractivity contribution in [3.8, 4) is 5.75 Å². The molecule has 1 atom stereocenters. The number of benzene rings is 1. The number of carbonyl (C=O) groups is 1. The Bertz CT molecular complexity index is 543. The highest BCUT2D eigenvalue weighted by molar-refractivity contribution is 5.81. The normalized spacial score (nSPS) is 15.8. The third-order valence-electron chi connectivity index (χ3n) is 3.26. The van der Waals surface area contributed by atoms with Crippen LogP contribution in [0.4, 0.5) is 5.69 Å². The van der Waals surface area contributed by atoms with Gasteiger partial charge in [-0.3, -0.25) is 19.7 Å². The van der Waals surface area contributed by atoms with Crippen LogP contribution in [-0.2, 0) is 16.1 Å². The summed E-state index contributed by atoms with van der Waals surface area (Å²) in [6.45, 7) is 0.991. The number of nitro groups is 1. The lowest BCUT2D eigenvalue weighted by atomic mass is 10.0. The number of aromatic hydroxyl groups is 1. The van der Waals surface area contributed by atoms with Gasteiger partial charge in [-0.1, -0.05) is 13.5 Å². The van der Waals surface area contributed by atoms with Crippen LogP contribution in [0.3, 0.4) is 0 Å². The van der Waals surface area contributed by atoms with Crippen LogP contribution in [0.2, 0.25) is 0 Å². The SMILES string of the molecule is C.N[C@@H](Cc1ccc(O)c([N+](=O)[O-])c1)C(=O)N1CCCCO1. The minimum absolute atomic E-state index is 0. The molecule has 1 saturated heterocycles. The molecule has 0 unspecified atom stereocenters. The van der Waals surface area contributed by atoms with Crippen molar-refractivity contribution in [1.82, 2.24) is 5.06 Å². The summed E-state index contributed by atoms with van der Waals surface area (Å²) in [4.78, 5) is 27.4. The molecule has 0 bridgehead atoms. The molecule has 0 aliphatic carbocycles. The average Bonchev–Trinajstić information content (AvgIpc) is 2.49. The summed E-state index contributed by atoms with van der Waals surface area (Å²) in [5, 5.41) is 21.4. The van der Waals surface area contributed by atoms with E-state index < -0.39 is 22.4 Å². The van der Waals surface area contributed by atoms with Crippen LogP contribution in [0, 0.1) is 10.1 Å². The Balaban J connectivity index is 0.00000242. The Morgan fingerprint density at radius 3 is 2.82 bits per heavy atom. The van der Waals surface area contributed by atoms with Gasteiger partial charge in [0.1, 0.15) is 0 Å². The van der Waals surface area contributed by atoms with E-state index in [-0.39, 0.29) is 19.8 Å². The molecule has 1 aromatic carbocycles. The van der Waals surface area contributed by atoms with Gasteiger partial charge in [-0.2, -0.15) is 0 Å². The molecule has 1 heterocycles.